The van der Waals surface area contributed by atoms with E-state index in [1.165, 1.54) is 25.7 Å². The van der Waals surface area contributed by atoms with Crippen LogP contribution >= 0.6 is 0 Å². The molecule has 2 aromatic rings. The molecule has 2 rings (SSSR count). The van der Waals surface area contributed by atoms with Gasteiger partial charge in [-0.2, -0.15) is 5.26 Å². The van der Waals surface area contributed by atoms with Crippen molar-refractivity contribution >= 4 is 17.3 Å². The fourth-order valence-electron chi connectivity index (χ4n) is 3.09. The van der Waals surface area contributed by atoms with Crippen LogP contribution in [0.25, 0.3) is 5.70 Å². The van der Waals surface area contributed by atoms with E-state index in [1.54, 1.807) is 6.07 Å². The van der Waals surface area contributed by atoms with Crippen LogP contribution in [0.5, 0.6) is 0 Å². The van der Waals surface area contributed by atoms with Gasteiger partial charge in [0.15, 0.2) is 0 Å². The maximum absolute atomic E-state index is 14.3. The van der Waals surface area contributed by atoms with Crippen LogP contribution in [0.15, 0.2) is 65.8 Å². The summed E-state index contributed by atoms with van der Waals surface area (Å²) in [4.78, 5) is 17.3. The summed E-state index contributed by atoms with van der Waals surface area (Å²) in [7, 11) is 1.49. The Hall–Kier alpha value is -3.96. The lowest BCUT2D eigenvalue weighted by atomic mass is 9.86. The molecule has 0 spiro atoms. The first-order valence-electron chi connectivity index (χ1n) is 12.0. The average molecular weight is 508 g/mol. The summed E-state index contributed by atoms with van der Waals surface area (Å²) < 4.78 is 19.5. The van der Waals surface area contributed by atoms with Gasteiger partial charge in [-0.15, -0.1) is 0 Å². The lowest BCUT2D eigenvalue weighted by Crippen LogP contribution is -2.30. The second-order valence-electron chi connectivity index (χ2n) is 8.93. The minimum absolute atomic E-state index is 0.0459. The summed E-state index contributed by atoms with van der Waals surface area (Å²) in [5, 5.41) is 11.9. The van der Waals surface area contributed by atoms with E-state index in [0.717, 1.165) is 17.3 Å². The molecule has 0 bridgehead atoms. The molecule has 0 unspecified atom stereocenters. The van der Waals surface area contributed by atoms with Crippen molar-refractivity contribution in [3.63, 3.8) is 0 Å². The van der Waals surface area contributed by atoms with Gasteiger partial charge in [0.25, 0.3) is 5.91 Å². The molecule has 2 aromatic carbocycles. The molecule has 0 aliphatic carbocycles. The highest BCUT2D eigenvalue weighted by molar-refractivity contribution is 6.22. The molecule has 8 heteroatoms. The SMILES string of the molecule is C=C(N)c1ccc(CNC(=O)/C(=C/N)C(COC)=NCc2ccc(C(C)(C)C#N)cc2)c(F)c1.CCC. The molecule has 0 fully saturated rings. The van der Waals surface area contributed by atoms with Crippen LogP contribution < -0.4 is 16.8 Å². The quantitative estimate of drug-likeness (QED) is 0.317. The number of carbonyl (C=O) groups is 1. The van der Waals surface area contributed by atoms with Gasteiger partial charge in [-0.3, -0.25) is 9.79 Å². The second kappa shape index (κ2) is 15.2. The average Bonchev–Trinajstić information content (AvgIpc) is 2.87. The number of ether oxygens (including phenoxy) is 1. The maximum atomic E-state index is 14.3. The Balaban J connectivity index is 0.00000217. The number of amides is 1. The molecular weight excluding hydrogens is 469 g/mol. The summed E-state index contributed by atoms with van der Waals surface area (Å²) in [5.74, 6) is -1.01. The molecule has 0 atom stereocenters. The van der Waals surface area contributed by atoms with Gasteiger partial charge >= 0.3 is 0 Å². The van der Waals surface area contributed by atoms with Gasteiger partial charge in [-0.25, -0.2) is 4.39 Å². The first-order valence-corrected chi connectivity index (χ1v) is 12.0. The lowest BCUT2D eigenvalue weighted by molar-refractivity contribution is -0.117. The normalized spacial score (nSPS) is 11.7. The molecule has 0 aromatic heterocycles. The number of carbonyl (C=O) groups excluding carboxylic acids is 1. The van der Waals surface area contributed by atoms with Gasteiger partial charge in [-0.1, -0.05) is 63.2 Å². The zero-order valence-electron chi connectivity index (χ0n) is 22.4. The molecule has 7 nitrogen and oxygen atoms in total. The van der Waals surface area contributed by atoms with Crippen molar-refractivity contribution in [1.29, 1.82) is 5.26 Å². The van der Waals surface area contributed by atoms with Gasteiger partial charge in [0, 0.05) is 31.1 Å². The minimum atomic E-state index is -0.589. The van der Waals surface area contributed by atoms with E-state index in [0.29, 0.717) is 16.8 Å². The molecule has 0 heterocycles. The van der Waals surface area contributed by atoms with E-state index in [2.05, 4.69) is 36.8 Å². The predicted octanol–water partition coefficient (Wildman–Crippen LogP) is 4.72. The first-order chi connectivity index (χ1) is 17.5. The third-order valence-corrected chi connectivity index (χ3v) is 5.27. The van der Waals surface area contributed by atoms with Crippen molar-refractivity contribution in [2.45, 2.75) is 52.6 Å². The highest BCUT2D eigenvalue weighted by atomic mass is 19.1. The standard InChI is InChI=1S/C26H30FN5O2.C3H8/c1-17(30)19-7-8-20(23(27)11-19)14-32-25(33)22(12-28)24(15-34-4)31-13-18-5-9-21(10-6-18)26(2,3)16-29;1-3-2/h5-12H,1,13-15,28,30H2,2-4H3,(H,32,33);3H2,1-2H3/b22-12+,31-24?;. The van der Waals surface area contributed by atoms with Gasteiger partial charge in [0.1, 0.15) is 5.82 Å². The number of hydrogen-bond donors (Lipinski definition) is 3. The molecule has 5 N–H and O–H groups in total. The molecule has 0 saturated heterocycles. The number of nitrogens with two attached hydrogens (primary N) is 2. The Bertz CT molecular complexity index is 1160. The summed E-state index contributed by atoms with van der Waals surface area (Å²) in [6, 6.07) is 14.3. The van der Waals surface area contributed by atoms with Crippen molar-refractivity contribution in [3.05, 3.63) is 88.9 Å². The van der Waals surface area contributed by atoms with E-state index in [-0.39, 0.29) is 31.0 Å². The fraction of sp³-hybridized carbons (Fsp3) is 0.345. The van der Waals surface area contributed by atoms with Crippen LogP contribution in [-0.4, -0.2) is 25.3 Å². The highest BCUT2D eigenvalue weighted by Gasteiger charge is 2.19. The Morgan fingerprint density at radius 2 is 1.86 bits per heavy atom. The molecule has 0 aliphatic rings. The van der Waals surface area contributed by atoms with Crippen LogP contribution in [0, 0.1) is 17.1 Å². The van der Waals surface area contributed by atoms with E-state index < -0.39 is 17.1 Å². The number of methoxy groups -OCH3 is 1. The number of rotatable bonds is 10. The molecule has 0 aliphatic heterocycles. The number of nitriles is 1. The monoisotopic (exact) mass is 507 g/mol. The van der Waals surface area contributed by atoms with Gasteiger partial charge < -0.3 is 21.5 Å². The van der Waals surface area contributed by atoms with Crippen molar-refractivity contribution in [2.75, 3.05) is 13.7 Å². The summed E-state index contributed by atoms with van der Waals surface area (Å²) >= 11 is 0. The molecular formula is C29H38FN5O2. The first kappa shape index (κ1) is 31.1. The van der Waals surface area contributed by atoms with Crippen LogP contribution in [0.1, 0.15) is 56.4 Å². The van der Waals surface area contributed by atoms with E-state index in [1.807, 2.05) is 38.1 Å². The van der Waals surface area contributed by atoms with Crippen molar-refractivity contribution < 1.29 is 13.9 Å². The third-order valence-electron chi connectivity index (χ3n) is 5.27. The number of benzene rings is 2. The zero-order valence-corrected chi connectivity index (χ0v) is 22.4. The summed E-state index contributed by atoms with van der Waals surface area (Å²) in [6.45, 7) is 11.8. The van der Waals surface area contributed by atoms with Gasteiger partial charge in [-0.05, 0) is 36.6 Å². The zero-order chi connectivity index (χ0) is 28.0. The number of aliphatic imine (C=N–C) groups is 1. The maximum Gasteiger partial charge on any atom is 0.254 e. The fourth-order valence-corrected chi connectivity index (χ4v) is 3.09. The van der Waals surface area contributed by atoms with Crippen molar-refractivity contribution in [1.82, 2.24) is 5.32 Å². The molecule has 37 heavy (non-hydrogen) atoms. The van der Waals surface area contributed by atoms with E-state index in [9.17, 15) is 14.4 Å². The summed E-state index contributed by atoms with van der Waals surface area (Å²) in [5.41, 5.74) is 14.0. The number of halogens is 1. The van der Waals surface area contributed by atoms with Crippen molar-refractivity contribution in [2.24, 2.45) is 16.5 Å². The predicted molar refractivity (Wildman–Crippen MR) is 148 cm³/mol. The number of nitrogens with zero attached hydrogens (tertiary/aromatic N) is 2. The molecule has 0 saturated carbocycles. The topological polar surface area (TPSA) is 127 Å². The Labute approximate surface area is 219 Å². The highest BCUT2D eigenvalue weighted by Crippen LogP contribution is 2.22. The number of nitrogens with one attached hydrogen (secondary N) is 1. The third kappa shape index (κ3) is 9.54. The summed E-state index contributed by atoms with van der Waals surface area (Å²) in [6.07, 6.45) is 2.41. The van der Waals surface area contributed by atoms with E-state index in [4.69, 9.17) is 16.2 Å². The Morgan fingerprint density at radius 3 is 2.35 bits per heavy atom. The smallest absolute Gasteiger partial charge is 0.254 e. The van der Waals surface area contributed by atoms with Gasteiger partial charge in [0.2, 0.25) is 0 Å². The Kier molecular flexibility index (Phi) is 12.8. The van der Waals surface area contributed by atoms with E-state index >= 15 is 0 Å². The van der Waals surface area contributed by atoms with Crippen molar-refractivity contribution in [3.8, 4) is 6.07 Å². The number of hydrogen-bond acceptors (Lipinski definition) is 6. The molecule has 1 amide bonds. The Morgan fingerprint density at radius 1 is 1.24 bits per heavy atom. The molecule has 0 radical (unpaired) electrons. The van der Waals surface area contributed by atoms with Crippen LogP contribution in [0.4, 0.5) is 4.39 Å². The van der Waals surface area contributed by atoms with Crippen LogP contribution in [-0.2, 0) is 28.0 Å². The van der Waals surface area contributed by atoms with Gasteiger partial charge in [0.05, 0.1) is 35.9 Å². The second-order valence-corrected chi connectivity index (χ2v) is 8.93. The van der Waals surface area contributed by atoms with Crippen LogP contribution in [0.3, 0.4) is 0 Å². The molecule has 198 valence electrons. The lowest BCUT2D eigenvalue weighted by Gasteiger charge is -2.16. The minimum Gasteiger partial charge on any atom is -0.404 e. The largest absolute Gasteiger partial charge is 0.404 e. The van der Waals surface area contributed by atoms with Crippen LogP contribution in [0.2, 0.25) is 0 Å².